The maximum atomic E-state index is 12.9. The van der Waals surface area contributed by atoms with Gasteiger partial charge >= 0.3 is 0 Å². The van der Waals surface area contributed by atoms with Crippen molar-refractivity contribution in [3.05, 3.63) is 48.0 Å². The van der Waals surface area contributed by atoms with Gasteiger partial charge in [0.2, 0.25) is 5.91 Å². The maximum Gasteiger partial charge on any atom is 0.227 e. The average Bonchev–Trinajstić information content (AvgIpc) is 2.87. The van der Waals surface area contributed by atoms with E-state index in [-0.39, 0.29) is 18.3 Å². The van der Waals surface area contributed by atoms with Gasteiger partial charge in [-0.25, -0.2) is 0 Å². The molecule has 2 aliphatic heterocycles. The van der Waals surface area contributed by atoms with Gasteiger partial charge in [0.05, 0.1) is 6.42 Å². The Morgan fingerprint density at radius 3 is 2.06 bits per heavy atom. The second-order valence-electron chi connectivity index (χ2n) is 10.5. The van der Waals surface area contributed by atoms with E-state index < -0.39 is 0 Å². The van der Waals surface area contributed by atoms with Gasteiger partial charge in [-0.05, 0) is 113 Å². The van der Waals surface area contributed by atoms with E-state index in [1.165, 1.54) is 56.1 Å². The number of amides is 1. The van der Waals surface area contributed by atoms with Gasteiger partial charge in [-0.1, -0.05) is 42.5 Å². The van der Waals surface area contributed by atoms with Crippen LogP contribution >= 0.6 is 12.4 Å². The maximum absolute atomic E-state index is 12.9. The third-order valence-electron chi connectivity index (χ3n) is 7.85. The van der Waals surface area contributed by atoms with Crippen LogP contribution in [-0.2, 0) is 11.2 Å². The normalized spacial score (nSPS) is 18.0. The van der Waals surface area contributed by atoms with Crippen LogP contribution in [0.15, 0.2) is 42.5 Å². The number of benzene rings is 2. The van der Waals surface area contributed by atoms with E-state index in [0.29, 0.717) is 12.3 Å². The third-order valence-corrected chi connectivity index (χ3v) is 7.85. The molecular formula is C29H45ClN4O. The van der Waals surface area contributed by atoms with Crippen molar-refractivity contribution in [3.8, 4) is 0 Å². The number of piperidine rings is 2. The monoisotopic (exact) mass is 500 g/mol. The molecule has 4 rings (SSSR count). The lowest BCUT2D eigenvalue weighted by atomic mass is 9.95. The molecule has 0 atom stereocenters. The van der Waals surface area contributed by atoms with E-state index in [2.05, 4.69) is 69.9 Å². The number of hydrogen-bond donors (Lipinski definition) is 2. The standard InChI is InChI=1S/C29H44N4O.ClH/c1-32-17-11-24(12-18-32)22-30-15-4-5-16-31-23-25-13-19-33(20-14-25)29(34)21-27-9-6-8-26-7-2-3-10-28(26)27;/h2-3,6-10,24-25,30-31H,4-5,11-23H2,1H3;1H. The predicted molar refractivity (Wildman–Crippen MR) is 149 cm³/mol. The molecule has 0 saturated carbocycles. The highest BCUT2D eigenvalue weighted by molar-refractivity contribution is 5.90. The Bertz CT molecular complexity index is 886. The largest absolute Gasteiger partial charge is 0.342 e. The van der Waals surface area contributed by atoms with Crippen LogP contribution in [0.5, 0.6) is 0 Å². The number of nitrogens with one attached hydrogen (secondary N) is 2. The number of carbonyl (C=O) groups is 1. The molecule has 6 heteroatoms. The SMILES string of the molecule is CN1CCC(CNCCCCNCC2CCN(C(=O)Cc3cccc4ccccc34)CC2)CC1.Cl. The van der Waals surface area contributed by atoms with Crippen molar-refractivity contribution in [3.63, 3.8) is 0 Å². The molecular weight excluding hydrogens is 456 g/mol. The Hall–Kier alpha value is -1.66. The molecule has 2 N–H and O–H groups in total. The van der Waals surface area contributed by atoms with Crippen LogP contribution in [0.2, 0.25) is 0 Å². The van der Waals surface area contributed by atoms with Crippen molar-refractivity contribution in [2.75, 3.05) is 59.4 Å². The highest BCUT2D eigenvalue weighted by Crippen LogP contribution is 2.22. The summed E-state index contributed by atoms with van der Waals surface area (Å²) < 4.78 is 0. The Labute approximate surface area is 218 Å². The van der Waals surface area contributed by atoms with Gasteiger partial charge in [-0.15, -0.1) is 12.4 Å². The fourth-order valence-electron chi connectivity index (χ4n) is 5.49. The number of fused-ring (bicyclic) bond motifs is 1. The van der Waals surface area contributed by atoms with Crippen molar-refractivity contribution in [2.24, 2.45) is 11.8 Å². The summed E-state index contributed by atoms with van der Waals surface area (Å²) in [7, 11) is 2.23. The number of nitrogens with zero attached hydrogens (tertiary/aromatic N) is 2. The van der Waals surface area contributed by atoms with E-state index >= 15 is 0 Å². The smallest absolute Gasteiger partial charge is 0.227 e. The zero-order valence-corrected chi connectivity index (χ0v) is 22.3. The molecule has 2 fully saturated rings. The van der Waals surface area contributed by atoms with Gasteiger partial charge < -0.3 is 20.4 Å². The lowest BCUT2D eigenvalue weighted by Crippen LogP contribution is -2.41. The number of likely N-dealkylation sites (tertiary alicyclic amines) is 2. The zero-order valence-electron chi connectivity index (χ0n) is 21.5. The van der Waals surface area contributed by atoms with Gasteiger partial charge in [0.15, 0.2) is 0 Å². The molecule has 2 aromatic rings. The first kappa shape index (κ1) is 27.9. The molecule has 2 heterocycles. The van der Waals surface area contributed by atoms with Gasteiger partial charge in [0.25, 0.3) is 0 Å². The van der Waals surface area contributed by atoms with E-state index in [0.717, 1.165) is 57.0 Å². The summed E-state index contributed by atoms with van der Waals surface area (Å²) in [6, 6.07) is 14.6. The molecule has 194 valence electrons. The fraction of sp³-hybridized carbons (Fsp3) is 0.621. The van der Waals surface area contributed by atoms with Crippen molar-refractivity contribution in [1.82, 2.24) is 20.4 Å². The number of rotatable bonds is 11. The minimum absolute atomic E-state index is 0. The third kappa shape index (κ3) is 8.75. The second-order valence-corrected chi connectivity index (χ2v) is 10.5. The quantitative estimate of drug-likeness (QED) is 0.450. The molecule has 2 aliphatic rings. The minimum atomic E-state index is 0. The molecule has 5 nitrogen and oxygen atoms in total. The van der Waals surface area contributed by atoms with Crippen LogP contribution in [0.1, 0.15) is 44.1 Å². The summed E-state index contributed by atoms with van der Waals surface area (Å²) in [5, 5.41) is 9.75. The number of hydrogen-bond acceptors (Lipinski definition) is 4. The second kappa shape index (κ2) is 14.8. The van der Waals surface area contributed by atoms with Crippen LogP contribution < -0.4 is 10.6 Å². The number of unbranched alkanes of at least 4 members (excludes halogenated alkanes) is 1. The van der Waals surface area contributed by atoms with Gasteiger partial charge in [-0.2, -0.15) is 0 Å². The van der Waals surface area contributed by atoms with Crippen LogP contribution in [-0.4, -0.2) is 75.1 Å². The first-order valence-electron chi connectivity index (χ1n) is 13.5. The predicted octanol–water partition coefficient (Wildman–Crippen LogP) is 4.34. The van der Waals surface area contributed by atoms with Crippen molar-refractivity contribution in [2.45, 2.75) is 44.9 Å². The van der Waals surface area contributed by atoms with E-state index in [4.69, 9.17) is 0 Å². The molecule has 0 radical (unpaired) electrons. The van der Waals surface area contributed by atoms with Crippen molar-refractivity contribution >= 4 is 29.1 Å². The van der Waals surface area contributed by atoms with Crippen LogP contribution in [0.25, 0.3) is 10.8 Å². The molecule has 1 amide bonds. The molecule has 2 saturated heterocycles. The highest BCUT2D eigenvalue weighted by atomic mass is 35.5. The Morgan fingerprint density at radius 2 is 1.40 bits per heavy atom. The lowest BCUT2D eigenvalue weighted by Gasteiger charge is -2.32. The molecule has 0 bridgehead atoms. The topological polar surface area (TPSA) is 47.6 Å². The summed E-state index contributed by atoms with van der Waals surface area (Å²) in [4.78, 5) is 17.4. The first-order chi connectivity index (χ1) is 16.7. The Kier molecular flexibility index (Phi) is 11.8. The first-order valence-corrected chi connectivity index (χ1v) is 13.5. The molecule has 2 aromatic carbocycles. The van der Waals surface area contributed by atoms with Crippen LogP contribution in [0, 0.1) is 11.8 Å². The summed E-state index contributed by atoms with van der Waals surface area (Å²) in [6.07, 6.45) is 7.93. The summed E-state index contributed by atoms with van der Waals surface area (Å²) >= 11 is 0. The van der Waals surface area contributed by atoms with Crippen LogP contribution in [0.3, 0.4) is 0 Å². The molecule has 0 unspecified atom stereocenters. The molecule has 0 aliphatic carbocycles. The fourth-order valence-corrected chi connectivity index (χ4v) is 5.49. The Balaban J connectivity index is 0.00000342. The highest BCUT2D eigenvalue weighted by Gasteiger charge is 2.23. The van der Waals surface area contributed by atoms with Gasteiger partial charge in [-0.3, -0.25) is 4.79 Å². The van der Waals surface area contributed by atoms with Crippen molar-refractivity contribution in [1.29, 1.82) is 0 Å². The summed E-state index contributed by atoms with van der Waals surface area (Å²) in [5.74, 6) is 1.85. The van der Waals surface area contributed by atoms with E-state index in [9.17, 15) is 4.79 Å². The van der Waals surface area contributed by atoms with Gasteiger partial charge in [0.1, 0.15) is 0 Å². The zero-order chi connectivity index (χ0) is 23.6. The van der Waals surface area contributed by atoms with E-state index in [1.807, 2.05) is 0 Å². The van der Waals surface area contributed by atoms with Crippen molar-refractivity contribution < 1.29 is 4.79 Å². The average molecular weight is 501 g/mol. The Morgan fingerprint density at radius 1 is 0.829 bits per heavy atom. The summed E-state index contributed by atoms with van der Waals surface area (Å²) in [6.45, 7) is 8.85. The van der Waals surface area contributed by atoms with E-state index in [1.54, 1.807) is 0 Å². The molecule has 0 spiro atoms. The number of carbonyl (C=O) groups excluding carboxylic acids is 1. The summed E-state index contributed by atoms with van der Waals surface area (Å²) in [5.41, 5.74) is 1.15. The molecule has 0 aromatic heterocycles. The molecule has 35 heavy (non-hydrogen) atoms. The minimum Gasteiger partial charge on any atom is -0.342 e. The van der Waals surface area contributed by atoms with Crippen LogP contribution in [0.4, 0.5) is 0 Å². The lowest BCUT2D eigenvalue weighted by molar-refractivity contribution is -0.131. The van der Waals surface area contributed by atoms with Gasteiger partial charge in [0, 0.05) is 13.1 Å². The number of halogens is 1.